The summed E-state index contributed by atoms with van der Waals surface area (Å²) in [6.07, 6.45) is 3.24. The molecule has 0 aliphatic heterocycles. The Morgan fingerprint density at radius 2 is 1.85 bits per heavy atom. The Morgan fingerprint density at radius 1 is 1.05 bits per heavy atom. The van der Waals surface area contributed by atoms with Crippen LogP contribution in [0.1, 0.15) is 29.2 Å². The summed E-state index contributed by atoms with van der Waals surface area (Å²) in [4.78, 5) is 0. The minimum atomic E-state index is 0.373. The predicted molar refractivity (Wildman–Crippen MR) is 86.4 cm³/mol. The third kappa shape index (κ3) is 2.37. The number of hydrogen-bond acceptors (Lipinski definition) is 1. The van der Waals surface area contributed by atoms with Gasteiger partial charge >= 0.3 is 0 Å². The van der Waals surface area contributed by atoms with Gasteiger partial charge in [-0.2, -0.15) is 0 Å². The van der Waals surface area contributed by atoms with Gasteiger partial charge in [0.05, 0.1) is 10.0 Å². The van der Waals surface area contributed by atoms with Gasteiger partial charge in [0.2, 0.25) is 0 Å². The highest BCUT2D eigenvalue weighted by Crippen LogP contribution is 2.37. The monoisotopic (exact) mass is 303 g/mol. The summed E-state index contributed by atoms with van der Waals surface area (Å²) in [6.45, 7) is 0. The normalized spacial score (nSPS) is 17.6. The zero-order valence-electron chi connectivity index (χ0n) is 11.2. The van der Waals surface area contributed by atoms with Crippen LogP contribution in [0, 0.1) is 0 Å². The quantitative estimate of drug-likeness (QED) is 0.815. The zero-order chi connectivity index (χ0) is 14.1. The lowest BCUT2D eigenvalue weighted by Crippen LogP contribution is -2.19. The van der Waals surface area contributed by atoms with Gasteiger partial charge in [-0.3, -0.25) is 0 Å². The van der Waals surface area contributed by atoms with Crippen LogP contribution in [0.15, 0.2) is 48.5 Å². The molecule has 20 heavy (non-hydrogen) atoms. The molecule has 1 N–H and O–H groups in total. The summed E-state index contributed by atoms with van der Waals surface area (Å²) in [5.41, 5.74) is 4.93. The van der Waals surface area contributed by atoms with Crippen LogP contribution < -0.4 is 5.32 Å². The van der Waals surface area contributed by atoms with E-state index >= 15 is 0 Å². The highest BCUT2D eigenvalue weighted by atomic mass is 35.5. The van der Waals surface area contributed by atoms with Crippen LogP contribution in [0.25, 0.3) is 5.57 Å². The molecule has 1 aliphatic rings. The standard InChI is InChI=1S/C17H15Cl2N/c1-20-17-9-7-12(13-4-2-3-5-14(13)17)11-6-8-15(18)16(19)10-11/h2-8,10,17,20H,9H2,1H3/t17-/m0/s1. The van der Waals surface area contributed by atoms with E-state index in [0.717, 1.165) is 12.0 Å². The molecule has 0 fully saturated rings. The molecule has 0 bridgehead atoms. The lowest BCUT2D eigenvalue weighted by molar-refractivity contribution is 0.597. The summed E-state index contributed by atoms with van der Waals surface area (Å²) in [7, 11) is 2.00. The molecule has 0 unspecified atom stereocenters. The first-order chi connectivity index (χ1) is 9.70. The number of hydrogen-bond donors (Lipinski definition) is 1. The first-order valence-corrected chi connectivity index (χ1v) is 7.38. The Labute approximate surface area is 129 Å². The summed E-state index contributed by atoms with van der Waals surface area (Å²) in [6, 6.07) is 14.7. The molecule has 3 rings (SSSR count). The van der Waals surface area contributed by atoms with Crippen molar-refractivity contribution in [2.45, 2.75) is 12.5 Å². The van der Waals surface area contributed by atoms with Gasteiger partial charge in [0.25, 0.3) is 0 Å². The second-order valence-corrected chi connectivity index (χ2v) is 5.73. The van der Waals surface area contributed by atoms with E-state index in [2.05, 4.69) is 35.7 Å². The third-order valence-corrected chi connectivity index (χ3v) is 4.50. The number of halogens is 2. The van der Waals surface area contributed by atoms with Crippen molar-refractivity contribution in [3.05, 3.63) is 75.3 Å². The summed E-state index contributed by atoms with van der Waals surface area (Å²) in [5.74, 6) is 0. The molecule has 2 aromatic rings. The molecule has 3 heteroatoms. The Kier molecular flexibility index (Phi) is 3.84. The van der Waals surface area contributed by atoms with E-state index in [1.165, 1.54) is 16.7 Å². The van der Waals surface area contributed by atoms with Crippen LogP contribution in [-0.4, -0.2) is 7.05 Å². The van der Waals surface area contributed by atoms with Gasteiger partial charge in [-0.15, -0.1) is 0 Å². The Bertz CT molecular complexity index is 676. The van der Waals surface area contributed by atoms with Crippen molar-refractivity contribution in [2.75, 3.05) is 7.05 Å². The fourth-order valence-corrected chi connectivity index (χ4v) is 3.03. The lowest BCUT2D eigenvalue weighted by Gasteiger charge is -2.25. The molecule has 0 saturated carbocycles. The smallest absolute Gasteiger partial charge is 0.0598 e. The maximum atomic E-state index is 6.14. The zero-order valence-corrected chi connectivity index (χ0v) is 12.7. The van der Waals surface area contributed by atoms with Gasteiger partial charge in [0.15, 0.2) is 0 Å². The van der Waals surface area contributed by atoms with Crippen LogP contribution >= 0.6 is 23.2 Å². The lowest BCUT2D eigenvalue weighted by atomic mass is 9.84. The Morgan fingerprint density at radius 3 is 2.60 bits per heavy atom. The number of fused-ring (bicyclic) bond motifs is 1. The number of rotatable bonds is 2. The Hall–Kier alpha value is -1.28. The second-order valence-electron chi connectivity index (χ2n) is 4.91. The molecule has 1 atom stereocenters. The van der Waals surface area contributed by atoms with Gasteiger partial charge in [-0.05, 0) is 47.9 Å². The first-order valence-electron chi connectivity index (χ1n) is 6.63. The average Bonchev–Trinajstić information content (AvgIpc) is 2.49. The van der Waals surface area contributed by atoms with E-state index in [9.17, 15) is 0 Å². The second kappa shape index (κ2) is 5.61. The van der Waals surface area contributed by atoms with E-state index in [0.29, 0.717) is 16.1 Å². The molecule has 0 saturated heterocycles. The topological polar surface area (TPSA) is 12.0 Å². The van der Waals surface area contributed by atoms with E-state index in [-0.39, 0.29) is 0 Å². The number of benzene rings is 2. The van der Waals surface area contributed by atoms with Crippen LogP contribution in [0.2, 0.25) is 10.0 Å². The van der Waals surface area contributed by atoms with Crippen molar-refractivity contribution >= 4 is 28.8 Å². The highest BCUT2D eigenvalue weighted by Gasteiger charge is 2.20. The molecular weight excluding hydrogens is 289 g/mol. The summed E-state index contributed by atoms with van der Waals surface area (Å²) < 4.78 is 0. The molecule has 1 nitrogen and oxygen atoms in total. The molecule has 1 aliphatic carbocycles. The van der Waals surface area contributed by atoms with Crippen LogP contribution in [-0.2, 0) is 0 Å². The van der Waals surface area contributed by atoms with Gasteiger partial charge in [-0.1, -0.05) is 59.6 Å². The fraction of sp³-hybridized carbons (Fsp3) is 0.176. The summed E-state index contributed by atoms with van der Waals surface area (Å²) in [5, 5.41) is 4.55. The van der Waals surface area contributed by atoms with E-state index in [4.69, 9.17) is 23.2 Å². The van der Waals surface area contributed by atoms with Crippen molar-refractivity contribution in [3.63, 3.8) is 0 Å². The highest BCUT2D eigenvalue weighted by molar-refractivity contribution is 6.42. The van der Waals surface area contributed by atoms with Crippen molar-refractivity contribution in [1.82, 2.24) is 5.32 Å². The average molecular weight is 304 g/mol. The third-order valence-electron chi connectivity index (χ3n) is 3.76. The fourth-order valence-electron chi connectivity index (χ4n) is 2.73. The molecular formula is C17H15Cl2N. The van der Waals surface area contributed by atoms with Crippen LogP contribution in [0.5, 0.6) is 0 Å². The summed E-state index contributed by atoms with van der Waals surface area (Å²) >= 11 is 12.1. The van der Waals surface area contributed by atoms with Gasteiger partial charge in [0.1, 0.15) is 0 Å². The Balaban J connectivity index is 2.11. The molecule has 2 aromatic carbocycles. The van der Waals surface area contributed by atoms with Crippen LogP contribution in [0.3, 0.4) is 0 Å². The maximum absolute atomic E-state index is 6.14. The molecule has 0 amide bonds. The van der Waals surface area contributed by atoms with Crippen molar-refractivity contribution < 1.29 is 0 Å². The molecule has 0 spiro atoms. The van der Waals surface area contributed by atoms with Crippen LogP contribution in [0.4, 0.5) is 0 Å². The predicted octanol–water partition coefficient (Wildman–Crippen LogP) is 5.09. The van der Waals surface area contributed by atoms with Crippen molar-refractivity contribution in [3.8, 4) is 0 Å². The van der Waals surface area contributed by atoms with E-state index in [1.807, 2.05) is 25.2 Å². The molecule has 0 radical (unpaired) electrons. The SMILES string of the molecule is CN[C@H]1CC=C(c2ccc(Cl)c(Cl)c2)c2ccccc21. The number of nitrogens with one attached hydrogen (secondary N) is 1. The molecule has 102 valence electrons. The van der Waals surface area contributed by atoms with Gasteiger partial charge < -0.3 is 5.32 Å². The minimum Gasteiger partial charge on any atom is -0.313 e. The first kappa shape index (κ1) is 13.7. The van der Waals surface area contributed by atoms with E-state index < -0.39 is 0 Å². The largest absolute Gasteiger partial charge is 0.313 e. The van der Waals surface area contributed by atoms with Gasteiger partial charge in [-0.25, -0.2) is 0 Å². The maximum Gasteiger partial charge on any atom is 0.0598 e. The molecule has 0 aromatic heterocycles. The van der Waals surface area contributed by atoms with Crippen molar-refractivity contribution in [1.29, 1.82) is 0 Å². The van der Waals surface area contributed by atoms with E-state index in [1.54, 1.807) is 0 Å². The minimum absolute atomic E-state index is 0.373. The van der Waals surface area contributed by atoms with Gasteiger partial charge in [0, 0.05) is 6.04 Å². The van der Waals surface area contributed by atoms with Crippen molar-refractivity contribution in [2.24, 2.45) is 0 Å². The molecule has 0 heterocycles.